The summed E-state index contributed by atoms with van der Waals surface area (Å²) in [5, 5.41) is 2.86. The fourth-order valence-electron chi connectivity index (χ4n) is 3.70. The van der Waals surface area contributed by atoms with Gasteiger partial charge in [-0.15, -0.1) is 0 Å². The topological polar surface area (TPSA) is 52.7 Å². The summed E-state index contributed by atoms with van der Waals surface area (Å²) in [5.41, 5.74) is 1.31. The molecule has 0 spiro atoms. The highest BCUT2D eigenvalue weighted by Crippen LogP contribution is 2.23. The summed E-state index contributed by atoms with van der Waals surface area (Å²) in [4.78, 5) is 28.7. The van der Waals surface area contributed by atoms with E-state index in [9.17, 15) is 9.59 Å². The predicted octanol–water partition coefficient (Wildman–Crippen LogP) is 2.62. The summed E-state index contributed by atoms with van der Waals surface area (Å²) >= 11 is 0. The standard InChI is InChI=1S/C19H27N3O2/c1-14(2)12-17-18(23)22(19(24)20-17)16-8-10-21(11-9-16)13-15-6-4-3-5-7-15/h3-7,14,16-17H,8-13H2,1-2H3,(H,20,24). The van der Waals surface area contributed by atoms with E-state index in [1.165, 1.54) is 10.5 Å². The lowest BCUT2D eigenvalue weighted by Gasteiger charge is -2.35. The highest BCUT2D eigenvalue weighted by Gasteiger charge is 2.42. The summed E-state index contributed by atoms with van der Waals surface area (Å²) < 4.78 is 0. The number of likely N-dealkylation sites (tertiary alicyclic amines) is 1. The van der Waals surface area contributed by atoms with Crippen molar-refractivity contribution in [3.05, 3.63) is 35.9 Å². The Labute approximate surface area is 144 Å². The molecule has 0 aromatic heterocycles. The minimum atomic E-state index is -0.333. The lowest BCUT2D eigenvalue weighted by Crippen LogP contribution is -2.47. The van der Waals surface area contributed by atoms with Gasteiger partial charge in [-0.1, -0.05) is 44.2 Å². The maximum absolute atomic E-state index is 12.6. The molecule has 3 rings (SSSR count). The van der Waals surface area contributed by atoms with Crippen molar-refractivity contribution < 1.29 is 9.59 Å². The van der Waals surface area contributed by atoms with Gasteiger partial charge in [-0.3, -0.25) is 14.6 Å². The van der Waals surface area contributed by atoms with Crippen LogP contribution < -0.4 is 5.32 Å². The van der Waals surface area contributed by atoms with Crippen molar-refractivity contribution in [1.82, 2.24) is 15.1 Å². The number of carbonyl (C=O) groups is 2. The van der Waals surface area contributed by atoms with Crippen molar-refractivity contribution in [1.29, 1.82) is 0 Å². The van der Waals surface area contributed by atoms with E-state index in [-0.39, 0.29) is 24.0 Å². The van der Waals surface area contributed by atoms with Crippen LogP contribution in [0.3, 0.4) is 0 Å². The Bertz CT molecular complexity index is 580. The molecule has 0 aliphatic carbocycles. The Morgan fingerprint density at radius 1 is 1.12 bits per heavy atom. The van der Waals surface area contributed by atoms with Crippen molar-refractivity contribution in [2.24, 2.45) is 5.92 Å². The van der Waals surface area contributed by atoms with Gasteiger partial charge in [-0.2, -0.15) is 0 Å². The first-order chi connectivity index (χ1) is 11.5. The first-order valence-electron chi connectivity index (χ1n) is 8.94. The van der Waals surface area contributed by atoms with Crippen LogP contribution in [0.5, 0.6) is 0 Å². The zero-order valence-corrected chi connectivity index (χ0v) is 14.6. The fraction of sp³-hybridized carbons (Fsp3) is 0.579. The summed E-state index contributed by atoms with van der Waals surface area (Å²) in [6.07, 6.45) is 2.44. The molecule has 1 N–H and O–H groups in total. The number of hydrogen-bond acceptors (Lipinski definition) is 3. The Morgan fingerprint density at radius 3 is 2.42 bits per heavy atom. The molecule has 2 aliphatic heterocycles. The first-order valence-corrected chi connectivity index (χ1v) is 8.94. The summed E-state index contributed by atoms with van der Waals surface area (Å²) in [5.74, 6) is 0.363. The molecule has 0 saturated carbocycles. The van der Waals surface area contributed by atoms with Gasteiger partial charge in [-0.05, 0) is 30.7 Å². The van der Waals surface area contributed by atoms with E-state index in [0.29, 0.717) is 12.3 Å². The second-order valence-corrected chi connectivity index (χ2v) is 7.33. The van der Waals surface area contributed by atoms with Crippen LogP contribution in [0.4, 0.5) is 4.79 Å². The number of imide groups is 1. The Hall–Kier alpha value is -1.88. The maximum Gasteiger partial charge on any atom is 0.325 e. The van der Waals surface area contributed by atoms with Crippen LogP contribution in [0.15, 0.2) is 30.3 Å². The molecule has 3 amide bonds. The zero-order chi connectivity index (χ0) is 17.1. The molecule has 2 saturated heterocycles. The number of nitrogens with one attached hydrogen (secondary N) is 1. The molecule has 2 heterocycles. The molecule has 0 bridgehead atoms. The molecule has 1 unspecified atom stereocenters. The molecule has 1 aromatic rings. The van der Waals surface area contributed by atoms with E-state index < -0.39 is 0 Å². The third kappa shape index (κ3) is 3.78. The number of benzene rings is 1. The van der Waals surface area contributed by atoms with Crippen LogP contribution >= 0.6 is 0 Å². The third-order valence-corrected chi connectivity index (χ3v) is 4.93. The van der Waals surface area contributed by atoms with Gasteiger partial charge >= 0.3 is 6.03 Å². The number of carbonyl (C=O) groups excluding carboxylic acids is 2. The fourth-order valence-corrected chi connectivity index (χ4v) is 3.70. The number of nitrogens with zero attached hydrogens (tertiary/aromatic N) is 2. The van der Waals surface area contributed by atoms with E-state index in [2.05, 4.69) is 48.3 Å². The Morgan fingerprint density at radius 2 is 1.79 bits per heavy atom. The third-order valence-electron chi connectivity index (χ3n) is 4.93. The van der Waals surface area contributed by atoms with Crippen molar-refractivity contribution in [2.75, 3.05) is 13.1 Å². The maximum atomic E-state index is 12.6. The van der Waals surface area contributed by atoms with Gasteiger partial charge in [0.05, 0.1) is 0 Å². The molecular formula is C19H27N3O2. The molecule has 2 fully saturated rings. The van der Waals surface area contributed by atoms with Crippen molar-refractivity contribution in [3.8, 4) is 0 Å². The molecular weight excluding hydrogens is 302 g/mol. The lowest BCUT2D eigenvalue weighted by molar-refractivity contribution is -0.130. The summed E-state index contributed by atoms with van der Waals surface area (Å²) in [7, 11) is 0. The van der Waals surface area contributed by atoms with E-state index in [1.807, 2.05) is 6.07 Å². The minimum absolute atomic E-state index is 0.0322. The average Bonchev–Trinajstić information content (AvgIpc) is 2.83. The highest BCUT2D eigenvalue weighted by molar-refractivity contribution is 6.04. The Balaban J connectivity index is 1.54. The highest BCUT2D eigenvalue weighted by atomic mass is 16.2. The lowest BCUT2D eigenvalue weighted by atomic mass is 10.0. The van der Waals surface area contributed by atoms with E-state index in [4.69, 9.17) is 0 Å². The van der Waals surface area contributed by atoms with E-state index in [0.717, 1.165) is 32.5 Å². The SMILES string of the molecule is CC(C)CC1NC(=O)N(C2CCN(Cc3ccccc3)CC2)C1=O. The zero-order valence-electron chi connectivity index (χ0n) is 14.6. The molecule has 0 radical (unpaired) electrons. The predicted molar refractivity (Wildman–Crippen MR) is 93.4 cm³/mol. The van der Waals surface area contributed by atoms with E-state index >= 15 is 0 Å². The van der Waals surface area contributed by atoms with Gasteiger partial charge in [0.2, 0.25) is 0 Å². The second-order valence-electron chi connectivity index (χ2n) is 7.33. The normalized spacial score (nSPS) is 23.1. The summed E-state index contributed by atoms with van der Waals surface area (Å²) in [6.45, 7) is 6.93. The Kier molecular flexibility index (Phi) is 5.19. The van der Waals surface area contributed by atoms with Crippen LogP contribution in [0, 0.1) is 5.92 Å². The van der Waals surface area contributed by atoms with Gasteiger partial charge in [0.1, 0.15) is 6.04 Å². The van der Waals surface area contributed by atoms with Gasteiger partial charge in [0.25, 0.3) is 5.91 Å². The molecule has 5 nitrogen and oxygen atoms in total. The molecule has 130 valence electrons. The monoisotopic (exact) mass is 329 g/mol. The molecule has 24 heavy (non-hydrogen) atoms. The number of rotatable bonds is 5. The van der Waals surface area contributed by atoms with Crippen molar-refractivity contribution >= 4 is 11.9 Å². The second kappa shape index (κ2) is 7.34. The smallest absolute Gasteiger partial charge is 0.325 e. The first kappa shape index (κ1) is 17.0. The summed E-state index contributed by atoms with van der Waals surface area (Å²) in [6, 6.07) is 9.93. The average molecular weight is 329 g/mol. The van der Waals surface area contributed by atoms with Crippen LogP contribution in [0.1, 0.15) is 38.7 Å². The molecule has 2 aliphatic rings. The van der Waals surface area contributed by atoms with E-state index in [1.54, 1.807) is 0 Å². The van der Waals surface area contributed by atoms with Crippen molar-refractivity contribution in [3.63, 3.8) is 0 Å². The number of piperidine rings is 1. The van der Waals surface area contributed by atoms with Crippen LogP contribution in [-0.4, -0.2) is 46.9 Å². The largest absolute Gasteiger partial charge is 0.326 e. The van der Waals surface area contributed by atoms with Crippen molar-refractivity contribution in [2.45, 2.75) is 51.7 Å². The molecule has 1 aromatic carbocycles. The molecule has 5 heteroatoms. The number of hydrogen-bond donors (Lipinski definition) is 1. The van der Waals surface area contributed by atoms with Gasteiger partial charge in [0.15, 0.2) is 0 Å². The number of amides is 3. The van der Waals surface area contributed by atoms with Gasteiger partial charge in [-0.25, -0.2) is 4.79 Å². The van der Waals surface area contributed by atoms with Crippen LogP contribution in [-0.2, 0) is 11.3 Å². The van der Waals surface area contributed by atoms with Gasteiger partial charge < -0.3 is 5.32 Å². The molecule has 1 atom stereocenters. The van der Waals surface area contributed by atoms with Crippen LogP contribution in [0.2, 0.25) is 0 Å². The number of urea groups is 1. The van der Waals surface area contributed by atoms with Gasteiger partial charge in [0, 0.05) is 25.7 Å². The minimum Gasteiger partial charge on any atom is -0.326 e. The quantitative estimate of drug-likeness (QED) is 0.845. The van der Waals surface area contributed by atoms with Crippen LogP contribution in [0.25, 0.3) is 0 Å².